The van der Waals surface area contributed by atoms with E-state index in [4.69, 9.17) is 5.11 Å². The lowest BCUT2D eigenvalue weighted by atomic mass is 10.0. The molecule has 0 aliphatic heterocycles. The van der Waals surface area contributed by atoms with Crippen molar-refractivity contribution in [1.82, 2.24) is 0 Å². The van der Waals surface area contributed by atoms with Crippen molar-refractivity contribution >= 4 is 5.97 Å². The molecular formula is C25H40O2. The second kappa shape index (κ2) is 16.6. The number of carbonyl (C=O) groups is 1. The summed E-state index contributed by atoms with van der Waals surface area (Å²) in [4.78, 5) is 10.8. The van der Waals surface area contributed by atoms with Gasteiger partial charge in [0.1, 0.15) is 0 Å². The molecule has 1 aromatic rings. The van der Waals surface area contributed by atoms with Crippen molar-refractivity contribution in [1.29, 1.82) is 0 Å². The van der Waals surface area contributed by atoms with Gasteiger partial charge in [0, 0.05) is 0 Å². The molecule has 0 radical (unpaired) electrons. The number of carboxylic acid groups (broad SMARTS) is 1. The molecule has 0 fully saturated rings. The van der Waals surface area contributed by atoms with E-state index in [2.05, 4.69) is 19.1 Å². The maximum atomic E-state index is 10.8. The summed E-state index contributed by atoms with van der Waals surface area (Å²) in [5, 5.41) is 8.90. The van der Waals surface area contributed by atoms with Crippen LogP contribution < -0.4 is 0 Å². The van der Waals surface area contributed by atoms with Gasteiger partial charge in [-0.05, 0) is 56.2 Å². The van der Waals surface area contributed by atoms with Crippen LogP contribution in [0.2, 0.25) is 0 Å². The summed E-state index contributed by atoms with van der Waals surface area (Å²) in [5.74, 6) is -0.848. The van der Waals surface area contributed by atoms with Crippen molar-refractivity contribution < 1.29 is 9.90 Å². The van der Waals surface area contributed by atoms with Crippen molar-refractivity contribution in [3.8, 4) is 0 Å². The molecule has 152 valence electrons. The Morgan fingerprint density at radius 3 is 1.74 bits per heavy atom. The van der Waals surface area contributed by atoms with Crippen LogP contribution in [0.3, 0.4) is 0 Å². The van der Waals surface area contributed by atoms with E-state index in [9.17, 15) is 4.79 Å². The molecule has 27 heavy (non-hydrogen) atoms. The topological polar surface area (TPSA) is 37.3 Å². The third-order valence-corrected chi connectivity index (χ3v) is 5.18. The average Bonchev–Trinajstić information content (AvgIpc) is 2.68. The first kappa shape index (κ1) is 23.5. The second-order valence-electron chi connectivity index (χ2n) is 7.69. The van der Waals surface area contributed by atoms with Crippen LogP contribution in [-0.4, -0.2) is 11.1 Å². The zero-order chi connectivity index (χ0) is 19.6. The molecule has 0 bridgehead atoms. The Morgan fingerprint density at radius 1 is 0.741 bits per heavy atom. The fourth-order valence-corrected chi connectivity index (χ4v) is 3.39. The Hall–Kier alpha value is -1.57. The van der Waals surface area contributed by atoms with E-state index in [0.717, 1.165) is 6.42 Å². The fourth-order valence-electron chi connectivity index (χ4n) is 3.39. The Morgan fingerprint density at radius 2 is 1.22 bits per heavy atom. The predicted molar refractivity (Wildman–Crippen MR) is 117 cm³/mol. The van der Waals surface area contributed by atoms with Crippen LogP contribution in [0.15, 0.2) is 36.4 Å². The first-order chi connectivity index (χ1) is 13.2. The standard InChI is InChI=1S/C25H40O2/c1-2-3-4-5-6-7-8-9-10-11-12-13-14-15-16-17-18-23-19-21-24(22-20-23)25(26)27/h9-10,19-22H,2-8,11-18H2,1H3,(H,26,27). The minimum atomic E-state index is -0.848. The molecule has 0 unspecified atom stereocenters. The van der Waals surface area contributed by atoms with E-state index in [1.165, 1.54) is 95.5 Å². The summed E-state index contributed by atoms with van der Waals surface area (Å²) >= 11 is 0. The molecule has 1 rings (SSSR count). The number of allylic oxidation sites excluding steroid dienone is 2. The summed E-state index contributed by atoms with van der Waals surface area (Å²) in [6.45, 7) is 2.27. The lowest BCUT2D eigenvalue weighted by Crippen LogP contribution is -1.96. The minimum absolute atomic E-state index is 0.375. The van der Waals surface area contributed by atoms with Crippen LogP contribution in [-0.2, 0) is 6.42 Å². The van der Waals surface area contributed by atoms with Gasteiger partial charge in [-0.2, -0.15) is 0 Å². The largest absolute Gasteiger partial charge is 0.478 e. The fraction of sp³-hybridized carbons (Fsp3) is 0.640. The lowest BCUT2D eigenvalue weighted by Gasteiger charge is -2.03. The van der Waals surface area contributed by atoms with Crippen molar-refractivity contribution in [3.63, 3.8) is 0 Å². The zero-order valence-electron chi connectivity index (χ0n) is 17.4. The molecule has 0 aliphatic rings. The van der Waals surface area contributed by atoms with E-state index in [-0.39, 0.29) is 0 Å². The minimum Gasteiger partial charge on any atom is -0.478 e. The highest BCUT2D eigenvalue weighted by Crippen LogP contribution is 2.12. The van der Waals surface area contributed by atoms with Gasteiger partial charge in [-0.3, -0.25) is 0 Å². The molecule has 0 amide bonds. The van der Waals surface area contributed by atoms with Gasteiger partial charge in [-0.15, -0.1) is 0 Å². The zero-order valence-corrected chi connectivity index (χ0v) is 17.4. The molecule has 2 nitrogen and oxygen atoms in total. The van der Waals surface area contributed by atoms with E-state index in [1.54, 1.807) is 12.1 Å². The van der Waals surface area contributed by atoms with Crippen molar-refractivity contribution in [3.05, 3.63) is 47.5 Å². The molecule has 1 N–H and O–H groups in total. The van der Waals surface area contributed by atoms with Gasteiger partial charge in [-0.1, -0.05) is 89.0 Å². The smallest absolute Gasteiger partial charge is 0.335 e. The summed E-state index contributed by atoms with van der Waals surface area (Å²) in [6.07, 6.45) is 24.4. The van der Waals surface area contributed by atoms with Crippen LogP contribution in [0, 0.1) is 0 Å². The third kappa shape index (κ3) is 13.3. The van der Waals surface area contributed by atoms with Crippen LogP contribution in [0.25, 0.3) is 0 Å². The lowest BCUT2D eigenvalue weighted by molar-refractivity contribution is 0.0697. The van der Waals surface area contributed by atoms with Crippen LogP contribution in [0.4, 0.5) is 0 Å². The van der Waals surface area contributed by atoms with Gasteiger partial charge in [0.2, 0.25) is 0 Å². The maximum Gasteiger partial charge on any atom is 0.335 e. The summed E-state index contributed by atoms with van der Waals surface area (Å²) in [5.41, 5.74) is 1.62. The quantitative estimate of drug-likeness (QED) is 0.222. The predicted octanol–water partition coefficient (Wildman–Crippen LogP) is 7.96. The highest BCUT2D eigenvalue weighted by atomic mass is 16.4. The highest BCUT2D eigenvalue weighted by Gasteiger charge is 2.01. The molecule has 0 heterocycles. The molecule has 0 saturated heterocycles. The molecule has 0 spiro atoms. The monoisotopic (exact) mass is 372 g/mol. The number of hydrogen-bond donors (Lipinski definition) is 1. The normalized spacial score (nSPS) is 11.3. The van der Waals surface area contributed by atoms with Crippen molar-refractivity contribution in [2.75, 3.05) is 0 Å². The van der Waals surface area contributed by atoms with Gasteiger partial charge < -0.3 is 5.11 Å². The number of aryl methyl sites for hydroxylation is 1. The van der Waals surface area contributed by atoms with Crippen LogP contribution >= 0.6 is 0 Å². The average molecular weight is 373 g/mol. The summed E-state index contributed by atoms with van der Waals surface area (Å²) in [6, 6.07) is 7.30. The molecule has 0 atom stereocenters. The molecular weight excluding hydrogens is 332 g/mol. The van der Waals surface area contributed by atoms with Gasteiger partial charge in [0.15, 0.2) is 0 Å². The van der Waals surface area contributed by atoms with E-state index in [0.29, 0.717) is 5.56 Å². The number of hydrogen-bond acceptors (Lipinski definition) is 1. The summed E-state index contributed by atoms with van der Waals surface area (Å²) < 4.78 is 0. The number of benzene rings is 1. The first-order valence-electron chi connectivity index (χ1n) is 11.2. The molecule has 1 aromatic carbocycles. The maximum absolute atomic E-state index is 10.8. The molecule has 2 heteroatoms. The van der Waals surface area contributed by atoms with Crippen molar-refractivity contribution in [2.45, 2.75) is 103 Å². The molecule has 0 aromatic heterocycles. The van der Waals surface area contributed by atoms with E-state index < -0.39 is 5.97 Å². The van der Waals surface area contributed by atoms with Crippen molar-refractivity contribution in [2.24, 2.45) is 0 Å². The second-order valence-corrected chi connectivity index (χ2v) is 7.69. The highest BCUT2D eigenvalue weighted by molar-refractivity contribution is 5.87. The Labute approximate surface area is 167 Å². The van der Waals surface area contributed by atoms with E-state index in [1.807, 2.05) is 12.1 Å². The van der Waals surface area contributed by atoms with Gasteiger partial charge in [-0.25, -0.2) is 4.79 Å². The summed E-state index contributed by atoms with van der Waals surface area (Å²) in [7, 11) is 0. The third-order valence-electron chi connectivity index (χ3n) is 5.18. The van der Waals surface area contributed by atoms with E-state index >= 15 is 0 Å². The SMILES string of the molecule is CCCCCCCCC=CCCCCCCCCc1ccc(C(=O)O)cc1. The van der Waals surface area contributed by atoms with Gasteiger partial charge in [0.25, 0.3) is 0 Å². The van der Waals surface area contributed by atoms with Gasteiger partial charge in [0.05, 0.1) is 5.56 Å². The molecule has 0 saturated carbocycles. The van der Waals surface area contributed by atoms with Crippen LogP contribution in [0.1, 0.15) is 113 Å². The Balaban J connectivity index is 1.86. The van der Waals surface area contributed by atoms with Gasteiger partial charge >= 0.3 is 5.97 Å². The Bertz CT molecular complexity index is 502. The number of rotatable bonds is 17. The number of carboxylic acids is 1. The molecule has 0 aliphatic carbocycles. The van der Waals surface area contributed by atoms with Crippen LogP contribution in [0.5, 0.6) is 0 Å². The Kier molecular flexibility index (Phi) is 14.4. The first-order valence-corrected chi connectivity index (χ1v) is 11.2. The number of unbranched alkanes of at least 4 members (excludes halogenated alkanes) is 12. The number of aromatic carboxylic acids is 1.